The van der Waals surface area contributed by atoms with Crippen molar-refractivity contribution >= 4 is 52.2 Å². The lowest BCUT2D eigenvalue weighted by Gasteiger charge is -2.24. The summed E-state index contributed by atoms with van der Waals surface area (Å²) >= 11 is 0. The summed E-state index contributed by atoms with van der Waals surface area (Å²) in [4.78, 5) is 52.4. The normalized spacial score (nSPS) is 19.8. The van der Waals surface area contributed by atoms with Crippen molar-refractivity contribution in [3.8, 4) is 0 Å². The number of allylic oxidation sites excluding steroid dienone is 1. The Labute approximate surface area is 526 Å². The van der Waals surface area contributed by atoms with E-state index in [0.29, 0.717) is 54.2 Å². The summed E-state index contributed by atoms with van der Waals surface area (Å²) in [5.74, 6) is -3.04. The van der Waals surface area contributed by atoms with Gasteiger partial charge in [-0.15, -0.1) is 0 Å². The van der Waals surface area contributed by atoms with Gasteiger partial charge in [0.05, 0.1) is 47.7 Å². The first-order valence-electron chi connectivity index (χ1n) is 31.5. The minimum absolute atomic E-state index is 0. The van der Waals surface area contributed by atoms with E-state index in [1.165, 1.54) is 0 Å². The van der Waals surface area contributed by atoms with Gasteiger partial charge in [0.2, 0.25) is 0 Å². The molecule has 0 amide bonds. The number of rotatable bonds is 26. The largest absolute Gasteiger partial charge is 0.462 e. The van der Waals surface area contributed by atoms with Crippen LogP contribution in [0.2, 0.25) is 51.4 Å². The molecule has 1 N–H and O–H groups in total. The highest BCUT2D eigenvalue weighted by atomic mass is 28.3. The Morgan fingerprint density at radius 2 is 0.943 bits per heavy atom. The lowest BCUT2D eigenvalue weighted by Crippen LogP contribution is -2.37. The molecule has 0 aromatic heterocycles. The van der Waals surface area contributed by atoms with E-state index in [4.69, 9.17) is 40.9 Å². The second-order valence-corrected chi connectivity index (χ2v) is 37.6. The predicted octanol–water partition coefficient (Wildman–Crippen LogP) is 16.6. The summed E-state index contributed by atoms with van der Waals surface area (Å²) < 4.78 is 58.6. The molecule has 8 atom stereocenters. The van der Waals surface area contributed by atoms with Gasteiger partial charge in [0, 0.05) is 25.7 Å². The van der Waals surface area contributed by atoms with Gasteiger partial charge in [-0.1, -0.05) is 182 Å². The van der Waals surface area contributed by atoms with Gasteiger partial charge < -0.3 is 43.0 Å². The monoisotopic (exact) mass is 1230 g/mol. The van der Waals surface area contributed by atoms with Crippen molar-refractivity contribution in [3.63, 3.8) is 0 Å². The van der Waals surface area contributed by atoms with E-state index < -0.39 is 70.2 Å². The Kier molecular flexibility index (Phi) is 27.6. The molecule has 0 bridgehead atoms. The van der Waals surface area contributed by atoms with Crippen LogP contribution >= 0.6 is 0 Å². The highest BCUT2D eigenvalue weighted by Gasteiger charge is 2.47. The van der Waals surface area contributed by atoms with E-state index >= 15 is 0 Å². The number of carbonyl (C=O) groups is 4. The number of aliphatic hydroxyl groups is 1. The van der Waals surface area contributed by atoms with Gasteiger partial charge in [-0.25, -0.2) is 19.2 Å². The summed E-state index contributed by atoms with van der Waals surface area (Å²) in [6.45, 7) is 35.8. The van der Waals surface area contributed by atoms with Crippen LogP contribution in [0.3, 0.4) is 0 Å². The van der Waals surface area contributed by atoms with Crippen LogP contribution in [-0.2, 0) is 37.9 Å². The fourth-order valence-electron chi connectivity index (χ4n) is 9.93. The van der Waals surface area contributed by atoms with E-state index in [9.17, 15) is 24.3 Å². The van der Waals surface area contributed by atoms with Crippen LogP contribution in [0.15, 0.2) is 121 Å². The number of carbonyl (C=O) groups excluding carboxylic acids is 4. The van der Waals surface area contributed by atoms with Crippen LogP contribution in [0.25, 0.3) is 12.2 Å². The van der Waals surface area contributed by atoms with E-state index in [0.717, 1.165) is 51.9 Å². The van der Waals surface area contributed by atoms with Crippen LogP contribution in [0, 0.1) is 39.5 Å². The van der Waals surface area contributed by atoms with Gasteiger partial charge in [-0.3, -0.25) is 0 Å². The fraction of sp³-hybridized carbons (Fsp3) is 0.500. The van der Waals surface area contributed by atoms with Crippen LogP contribution in [0.5, 0.6) is 0 Å². The molecule has 4 aromatic rings. The quantitative estimate of drug-likeness (QED) is 0.0274. The van der Waals surface area contributed by atoms with Gasteiger partial charge >= 0.3 is 23.9 Å². The molecule has 2 heterocycles. The summed E-state index contributed by atoms with van der Waals surface area (Å²) in [5, 5.41) is 9.56. The zero-order chi connectivity index (χ0) is 65.6. The molecule has 0 aliphatic carbocycles. The third-order valence-corrected chi connectivity index (χ3v) is 18.1. The van der Waals surface area contributed by atoms with E-state index in [1.807, 2.05) is 147 Å². The molecule has 6 rings (SSSR count). The number of ether oxygens (including phenoxy) is 8. The molecule has 2 aliphatic heterocycles. The van der Waals surface area contributed by atoms with Gasteiger partial charge in [-0.05, 0) is 151 Å². The van der Waals surface area contributed by atoms with E-state index in [-0.39, 0.29) is 38.0 Å². The second kappa shape index (κ2) is 33.5. The lowest BCUT2D eigenvalue weighted by molar-refractivity contribution is -0.153. The highest BCUT2D eigenvalue weighted by molar-refractivity contribution is 6.76. The van der Waals surface area contributed by atoms with Gasteiger partial charge in [0.15, 0.2) is 11.6 Å². The van der Waals surface area contributed by atoms with E-state index in [1.54, 1.807) is 42.5 Å². The molecule has 2 unspecified atom stereocenters. The Bertz CT molecular complexity index is 2800. The Morgan fingerprint density at radius 1 is 0.575 bits per heavy atom. The smallest absolute Gasteiger partial charge is 0.338 e. The summed E-state index contributed by atoms with van der Waals surface area (Å²) in [6, 6.07) is 27.6. The molecule has 15 heteroatoms. The van der Waals surface area contributed by atoms with Crippen LogP contribution in [0.4, 0.5) is 0 Å². The molecule has 2 aliphatic rings. The van der Waals surface area contributed by atoms with Gasteiger partial charge in [0.1, 0.15) is 24.4 Å². The van der Waals surface area contributed by atoms with Crippen molar-refractivity contribution in [2.45, 2.75) is 202 Å². The highest BCUT2D eigenvalue weighted by Crippen LogP contribution is 2.36. The fourth-order valence-corrected chi connectivity index (χ4v) is 11.4. The second-order valence-electron chi connectivity index (χ2n) is 26.3. The molecule has 478 valence electrons. The maximum Gasteiger partial charge on any atom is 0.338 e. The Balaban J connectivity index is 0.000000448. The van der Waals surface area contributed by atoms with Crippen molar-refractivity contribution in [2.24, 2.45) is 11.8 Å². The minimum Gasteiger partial charge on any atom is -0.462 e. The van der Waals surface area contributed by atoms with Crippen molar-refractivity contribution < 1.29 is 65.1 Å². The number of hydrogen-bond acceptors (Lipinski definition) is 13. The number of esters is 4. The first-order valence-corrected chi connectivity index (χ1v) is 37.9. The number of aliphatic hydroxyl groups excluding tert-OH is 1. The van der Waals surface area contributed by atoms with E-state index in [2.05, 4.69) is 59.2 Å². The molecule has 87 heavy (non-hydrogen) atoms. The molecule has 2 fully saturated rings. The van der Waals surface area contributed by atoms with Crippen molar-refractivity contribution in [1.29, 1.82) is 0 Å². The molecule has 4 aromatic carbocycles. The average Bonchev–Trinajstić information content (AvgIpc) is 2.30. The molecule has 0 saturated carbocycles. The topological polar surface area (TPSA) is 162 Å². The van der Waals surface area contributed by atoms with Crippen molar-refractivity contribution in [1.82, 2.24) is 0 Å². The summed E-state index contributed by atoms with van der Waals surface area (Å²) in [5.41, 5.74) is 7.54. The SMILES string of the molecule is C.CC[C@@H](C)/C=C\C(OC(=O)c1ccccc1)[C@H]1OC(C)(C)O[C@H]1C/C=C/c1cc(C)cc(C)c1C(=O)OCC[Si](C)(C)C.Cc1cc(C)c(C(=O)OCC[Si](C)(C)C)c(/C=C/C[C@@H]2OC(C)(C)O[C@@H]2C(/C=C\[C@H](C)CO)OC(=O)c2ccccc2)c1.[2H][2H]. The molecule has 2 saturated heterocycles. The van der Waals surface area contributed by atoms with Crippen LogP contribution < -0.4 is 0 Å². The Hall–Kier alpha value is -6.05. The Morgan fingerprint density at radius 3 is 1.29 bits per heavy atom. The number of hydrogen-bond donors (Lipinski definition) is 1. The average molecular weight is 1240 g/mol. The maximum absolute atomic E-state index is 13.2. The van der Waals surface area contributed by atoms with Crippen LogP contribution in [0.1, 0.15) is 153 Å². The van der Waals surface area contributed by atoms with Crippen molar-refractivity contribution in [2.75, 3.05) is 19.8 Å². The van der Waals surface area contributed by atoms with Crippen molar-refractivity contribution in [3.05, 3.63) is 177 Å². The molecule has 13 nitrogen and oxygen atoms in total. The molecule has 0 spiro atoms. The summed E-state index contributed by atoms with van der Waals surface area (Å²) in [7, 11) is -2.66. The number of aryl methyl sites for hydroxylation is 4. The predicted molar refractivity (Wildman–Crippen MR) is 358 cm³/mol. The van der Waals surface area contributed by atoms with Gasteiger partial charge in [-0.2, -0.15) is 0 Å². The minimum atomic E-state index is -1.34. The molecular weight excluding hydrogens is 1130 g/mol. The van der Waals surface area contributed by atoms with Gasteiger partial charge in [0.25, 0.3) is 0 Å². The molecule has 0 radical (unpaired) electrons. The first-order chi connectivity index (χ1) is 41.4. The number of benzene rings is 4. The third kappa shape index (κ3) is 24.1. The maximum atomic E-state index is 13.2. The lowest BCUT2D eigenvalue weighted by atomic mass is 9.97. The zero-order valence-electron chi connectivity index (χ0n) is 56.3. The van der Waals surface area contributed by atoms with Crippen LogP contribution in [-0.4, -0.2) is 113 Å². The standard InChI is InChI=1S/C36H50O6Si.C35H48O7Si.CH4.H2/c1-10-25(2)19-20-30(40-34(37)28-15-12-11-13-16-28)33-31(41-36(5,6)42-33)18-14-17-29-24-26(3)23-27(4)32(29)35(38)39-21-22-43(7,8)9;1-24(23-36)17-18-29(40-33(37)27-13-10-9-11-14-27)32-30(41-35(4,5)42-32)16-12-15-28-22-25(2)21-26(3)31(28)34(38)39-19-20-43(6,7)8;;/h11-17,19-20,23-25,30-31,33H,10,18,21-22H2,1-9H3;9-15,17-18,21-22,24,29-30,32,36H,16,19-20,23H2,1-8H3;1H4;1H/b17-14+,20-19-;15-12+,18-17-;;/t25-,30?,31+,33-;24-,29?,30-,32+;;/m10../s1/i;;;1+1D. The third-order valence-electron chi connectivity index (χ3n) is 14.7. The summed E-state index contributed by atoms with van der Waals surface area (Å²) in [6.07, 6.45) is 14.0. The zero-order valence-corrected chi connectivity index (χ0v) is 56.3. The molecular formula is C72H104O13Si2. The first kappa shape index (κ1) is 71.7.